The summed E-state index contributed by atoms with van der Waals surface area (Å²) in [5.41, 5.74) is 0.640. The van der Waals surface area contributed by atoms with Gasteiger partial charge in [-0.25, -0.2) is 0 Å². The molecule has 2 aliphatic heterocycles. The predicted molar refractivity (Wildman–Crippen MR) is 100 cm³/mol. The van der Waals surface area contributed by atoms with E-state index in [2.05, 4.69) is 24.6 Å². The van der Waals surface area contributed by atoms with E-state index < -0.39 is 0 Å². The van der Waals surface area contributed by atoms with Crippen molar-refractivity contribution in [1.82, 2.24) is 29.5 Å². The van der Waals surface area contributed by atoms with Gasteiger partial charge in [0.2, 0.25) is 0 Å². The molecule has 146 valence electrons. The second-order valence-electron chi connectivity index (χ2n) is 7.71. The van der Waals surface area contributed by atoms with Gasteiger partial charge in [0.15, 0.2) is 0 Å². The minimum absolute atomic E-state index is 0.0546. The van der Waals surface area contributed by atoms with Crippen LogP contribution in [0, 0.1) is 0 Å². The Labute approximate surface area is 159 Å². The first kappa shape index (κ1) is 18.2. The number of nitrogens with one attached hydrogen (secondary N) is 1. The van der Waals surface area contributed by atoms with E-state index in [-0.39, 0.29) is 17.9 Å². The van der Waals surface area contributed by atoms with Crippen LogP contribution in [0.2, 0.25) is 0 Å². The molecule has 0 spiro atoms. The summed E-state index contributed by atoms with van der Waals surface area (Å²) in [5.74, 6) is 2.19. The molecule has 2 aromatic heterocycles. The minimum atomic E-state index is -0.165. The Bertz CT molecular complexity index is 763. The molecule has 0 unspecified atom stereocenters. The van der Waals surface area contributed by atoms with E-state index in [0.29, 0.717) is 12.2 Å². The molecule has 2 saturated heterocycles. The van der Waals surface area contributed by atoms with Gasteiger partial charge in [-0.1, -0.05) is 0 Å². The van der Waals surface area contributed by atoms with E-state index in [4.69, 9.17) is 0 Å². The summed E-state index contributed by atoms with van der Waals surface area (Å²) in [6, 6.07) is 3.67. The summed E-state index contributed by atoms with van der Waals surface area (Å²) >= 11 is 0. The lowest BCUT2D eigenvalue weighted by molar-refractivity contribution is 0.0697. The Hall–Kier alpha value is -2.19. The first-order valence-corrected chi connectivity index (χ1v) is 9.83. The van der Waals surface area contributed by atoms with Crippen LogP contribution in [0.4, 0.5) is 0 Å². The highest BCUT2D eigenvalue weighted by Crippen LogP contribution is 2.27. The molecule has 2 aromatic rings. The van der Waals surface area contributed by atoms with Crippen molar-refractivity contribution in [3.8, 4) is 0 Å². The van der Waals surface area contributed by atoms with Gasteiger partial charge in [0, 0.05) is 45.3 Å². The standard InChI is InChI=1S/C19H28N6O2/c1-23-17(13-24-10-6-15(26)7-11-24)21-22-18(23)14-4-3-9-25(12-14)19(27)16-5-2-8-20-16/h2,5,8,14-15,20,26H,3-4,6-7,9-13H2,1H3/t14-/m0/s1. The second kappa shape index (κ2) is 7.82. The highest BCUT2D eigenvalue weighted by atomic mass is 16.3. The van der Waals surface area contributed by atoms with E-state index in [1.54, 1.807) is 6.20 Å². The van der Waals surface area contributed by atoms with E-state index in [1.165, 1.54) is 0 Å². The van der Waals surface area contributed by atoms with Crippen molar-refractivity contribution in [3.63, 3.8) is 0 Å². The minimum Gasteiger partial charge on any atom is -0.393 e. The van der Waals surface area contributed by atoms with Crippen LogP contribution in [0.3, 0.4) is 0 Å². The van der Waals surface area contributed by atoms with Gasteiger partial charge in [0.1, 0.15) is 17.3 Å². The second-order valence-corrected chi connectivity index (χ2v) is 7.71. The zero-order valence-corrected chi connectivity index (χ0v) is 15.8. The number of H-pyrrole nitrogens is 1. The normalized spacial score (nSPS) is 22.3. The molecule has 0 saturated carbocycles. The maximum absolute atomic E-state index is 12.6. The fourth-order valence-corrected chi connectivity index (χ4v) is 4.15. The summed E-state index contributed by atoms with van der Waals surface area (Å²) in [7, 11) is 2.02. The number of aliphatic hydroxyl groups excluding tert-OH is 1. The number of rotatable bonds is 4. The van der Waals surface area contributed by atoms with Crippen molar-refractivity contribution >= 4 is 5.91 Å². The molecule has 4 heterocycles. The SMILES string of the molecule is Cn1c(CN2CCC(O)CC2)nnc1[C@H]1CCCN(C(=O)c2ccc[nH]2)C1. The number of aromatic nitrogens is 4. The summed E-state index contributed by atoms with van der Waals surface area (Å²) in [6.45, 7) is 4.01. The molecule has 1 amide bonds. The molecular formula is C19H28N6O2. The number of aromatic amines is 1. The smallest absolute Gasteiger partial charge is 0.270 e. The van der Waals surface area contributed by atoms with Crippen LogP contribution < -0.4 is 0 Å². The number of amides is 1. The number of hydrogen-bond acceptors (Lipinski definition) is 5. The molecule has 8 nitrogen and oxygen atoms in total. The maximum Gasteiger partial charge on any atom is 0.270 e. The van der Waals surface area contributed by atoms with Gasteiger partial charge in [-0.15, -0.1) is 10.2 Å². The number of carbonyl (C=O) groups excluding carboxylic acids is 1. The molecule has 2 N–H and O–H groups in total. The molecule has 2 fully saturated rings. The van der Waals surface area contributed by atoms with E-state index in [0.717, 1.165) is 63.5 Å². The number of likely N-dealkylation sites (tertiary alicyclic amines) is 2. The predicted octanol–water partition coefficient (Wildman–Crippen LogP) is 1.12. The van der Waals surface area contributed by atoms with Crippen molar-refractivity contribution in [2.24, 2.45) is 7.05 Å². The lowest BCUT2D eigenvalue weighted by Crippen LogP contribution is -2.40. The van der Waals surface area contributed by atoms with Crippen molar-refractivity contribution in [2.45, 2.75) is 44.2 Å². The third-order valence-electron chi connectivity index (χ3n) is 5.82. The largest absolute Gasteiger partial charge is 0.393 e. The quantitative estimate of drug-likeness (QED) is 0.839. The molecular weight excluding hydrogens is 344 g/mol. The van der Waals surface area contributed by atoms with Crippen molar-refractivity contribution in [2.75, 3.05) is 26.2 Å². The van der Waals surface area contributed by atoms with Crippen LogP contribution in [0.15, 0.2) is 18.3 Å². The maximum atomic E-state index is 12.6. The Morgan fingerprint density at radius 1 is 1.26 bits per heavy atom. The lowest BCUT2D eigenvalue weighted by Gasteiger charge is -2.32. The number of piperidine rings is 2. The molecule has 0 aromatic carbocycles. The van der Waals surface area contributed by atoms with Gasteiger partial charge in [-0.05, 0) is 37.8 Å². The van der Waals surface area contributed by atoms with E-state index in [9.17, 15) is 9.90 Å². The number of nitrogens with zero attached hydrogens (tertiary/aromatic N) is 5. The first-order chi connectivity index (χ1) is 13.1. The van der Waals surface area contributed by atoms with Crippen molar-refractivity contribution < 1.29 is 9.90 Å². The molecule has 0 bridgehead atoms. The zero-order chi connectivity index (χ0) is 18.8. The van der Waals surface area contributed by atoms with Crippen molar-refractivity contribution in [1.29, 1.82) is 0 Å². The van der Waals surface area contributed by atoms with Gasteiger partial charge >= 0.3 is 0 Å². The molecule has 8 heteroatoms. The summed E-state index contributed by atoms with van der Waals surface area (Å²) in [5, 5.41) is 18.6. The number of carbonyl (C=O) groups is 1. The molecule has 0 radical (unpaired) electrons. The third kappa shape index (κ3) is 3.91. The molecule has 2 aliphatic rings. The molecule has 0 aliphatic carbocycles. The number of hydrogen-bond donors (Lipinski definition) is 2. The van der Waals surface area contributed by atoms with Gasteiger partial charge in [-0.2, -0.15) is 0 Å². The van der Waals surface area contributed by atoms with Crippen LogP contribution in [-0.2, 0) is 13.6 Å². The average molecular weight is 372 g/mol. The van der Waals surface area contributed by atoms with E-state index in [1.807, 2.05) is 24.1 Å². The fraction of sp³-hybridized carbons (Fsp3) is 0.632. The van der Waals surface area contributed by atoms with Crippen LogP contribution in [0.5, 0.6) is 0 Å². The number of aliphatic hydroxyl groups is 1. The molecule has 4 rings (SSSR count). The Morgan fingerprint density at radius 3 is 2.81 bits per heavy atom. The first-order valence-electron chi connectivity index (χ1n) is 9.83. The van der Waals surface area contributed by atoms with Crippen LogP contribution >= 0.6 is 0 Å². The topological polar surface area (TPSA) is 90.3 Å². The van der Waals surface area contributed by atoms with Crippen molar-refractivity contribution in [3.05, 3.63) is 35.7 Å². The van der Waals surface area contributed by atoms with Gasteiger partial charge in [-0.3, -0.25) is 9.69 Å². The average Bonchev–Trinajstić information content (AvgIpc) is 3.34. The summed E-state index contributed by atoms with van der Waals surface area (Å²) < 4.78 is 2.10. The van der Waals surface area contributed by atoms with E-state index >= 15 is 0 Å². The highest BCUT2D eigenvalue weighted by Gasteiger charge is 2.29. The Kier molecular flexibility index (Phi) is 5.27. The lowest BCUT2D eigenvalue weighted by atomic mass is 9.97. The Balaban J connectivity index is 1.42. The monoisotopic (exact) mass is 372 g/mol. The highest BCUT2D eigenvalue weighted by molar-refractivity contribution is 5.92. The summed E-state index contributed by atoms with van der Waals surface area (Å²) in [4.78, 5) is 19.9. The van der Waals surface area contributed by atoms with Gasteiger partial charge in [0.25, 0.3) is 5.91 Å². The van der Waals surface area contributed by atoms with Gasteiger partial charge < -0.3 is 19.6 Å². The molecule has 1 atom stereocenters. The fourth-order valence-electron chi connectivity index (χ4n) is 4.15. The van der Waals surface area contributed by atoms with Crippen LogP contribution in [0.1, 0.15) is 53.7 Å². The molecule has 27 heavy (non-hydrogen) atoms. The third-order valence-corrected chi connectivity index (χ3v) is 5.82. The van der Waals surface area contributed by atoms with Crippen LogP contribution in [0.25, 0.3) is 0 Å². The Morgan fingerprint density at radius 2 is 2.07 bits per heavy atom. The van der Waals surface area contributed by atoms with Crippen LogP contribution in [-0.4, -0.2) is 72.8 Å². The zero-order valence-electron chi connectivity index (χ0n) is 15.8. The van der Waals surface area contributed by atoms with Gasteiger partial charge in [0.05, 0.1) is 12.6 Å². The summed E-state index contributed by atoms with van der Waals surface area (Å²) in [6.07, 6.45) is 5.26.